The zero-order chi connectivity index (χ0) is 18.1. The van der Waals surface area contributed by atoms with Gasteiger partial charge in [0.15, 0.2) is 6.61 Å². The van der Waals surface area contributed by atoms with E-state index in [4.69, 9.17) is 26.8 Å². The Kier molecular flexibility index (Phi) is 5.74. The largest absolute Gasteiger partial charge is 0.483 e. The van der Waals surface area contributed by atoms with Crippen molar-refractivity contribution in [2.45, 2.75) is 37.9 Å². The molecule has 0 bridgehead atoms. The Morgan fingerprint density at radius 3 is 2.50 bits per heavy atom. The molecule has 1 saturated heterocycles. The van der Waals surface area contributed by atoms with Gasteiger partial charge in [-0.15, -0.1) is 0 Å². The standard InChI is InChI=1S/C15H21ClN2O5S/c1-9-4-12(16)14(5-13(9)22-8-15(17)19)24(20,21)18-6-10(2)23-11(3)7-18/h4-5,10-11H,6-8H2,1-3H3,(H2,17,19)/t10-,11-/m0/s1. The molecule has 2 N–H and O–H groups in total. The fraction of sp³-hybridized carbons (Fsp3) is 0.533. The van der Waals surface area contributed by atoms with Crippen LogP contribution in [0.4, 0.5) is 0 Å². The van der Waals surface area contributed by atoms with Gasteiger partial charge in [0.05, 0.1) is 17.2 Å². The third-order valence-corrected chi connectivity index (χ3v) is 5.90. The van der Waals surface area contributed by atoms with Crippen LogP contribution in [0.25, 0.3) is 0 Å². The van der Waals surface area contributed by atoms with Gasteiger partial charge in [-0.1, -0.05) is 11.6 Å². The minimum atomic E-state index is -3.81. The van der Waals surface area contributed by atoms with Crippen LogP contribution in [-0.4, -0.2) is 50.5 Å². The van der Waals surface area contributed by atoms with Gasteiger partial charge < -0.3 is 15.2 Å². The summed E-state index contributed by atoms with van der Waals surface area (Å²) in [5.41, 5.74) is 5.68. The summed E-state index contributed by atoms with van der Waals surface area (Å²) in [4.78, 5) is 10.8. The summed E-state index contributed by atoms with van der Waals surface area (Å²) in [7, 11) is -3.81. The molecule has 24 heavy (non-hydrogen) atoms. The SMILES string of the molecule is Cc1cc(Cl)c(S(=O)(=O)N2C[C@H](C)O[C@@H](C)C2)cc1OCC(N)=O. The van der Waals surface area contributed by atoms with E-state index in [1.165, 1.54) is 16.4 Å². The third-order valence-electron chi connectivity index (χ3n) is 3.60. The second kappa shape index (κ2) is 7.26. The van der Waals surface area contributed by atoms with Crippen LogP contribution < -0.4 is 10.5 Å². The summed E-state index contributed by atoms with van der Waals surface area (Å²) in [6.07, 6.45) is -0.420. The maximum Gasteiger partial charge on any atom is 0.255 e. The number of carbonyl (C=O) groups is 1. The summed E-state index contributed by atoms with van der Waals surface area (Å²) in [5.74, 6) is -0.393. The Bertz CT molecular complexity index is 728. The minimum absolute atomic E-state index is 0.0597. The Labute approximate surface area is 146 Å². The first kappa shape index (κ1) is 19.0. The molecule has 2 rings (SSSR count). The van der Waals surface area contributed by atoms with Gasteiger partial charge in [-0.3, -0.25) is 4.79 Å². The number of halogens is 1. The van der Waals surface area contributed by atoms with Crippen molar-refractivity contribution < 1.29 is 22.7 Å². The van der Waals surface area contributed by atoms with Crippen molar-refractivity contribution in [3.63, 3.8) is 0 Å². The van der Waals surface area contributed by atoms with Gasteiger partial charge in [-0.05, 0) is 32.4 Å². The number of rotatable bonds is 5. The van der Waals surface area contributed by atoms with Crippen LogP contribution in [0.5, 0.6) is 5.75 Å². The number of nitrogens with zero attached hydrogens (tertiary/aromatic N) is 1. The molecule has 0 aromatic heterocycles. The molecule has 0 aliphatic carbocycles. The van der Waals surface area contributed by atoms with Crippen molar-refractivity contribution >= 4 is 27.5 Å². The molecule has 0 radical (unpaired) electrons. The predicted octanol–water partition coefficient (Wildman–Crippen LogP) is 1.31. The third kappa shape index (κ3) is 4.18. The fourth-order valence-electron chi connectivity index (χ4n) is 2.60. The number of ether oxygens (including phenoxy) is 2. The van der Waals surface area contributed by atoms with Gasteiger partial charge >= 0.3 is 0 Å². The van der Waals surface area contributed by atoms with Crippen molar-refractivity contribution in [2.75, 3.05) is 19.7 Å². The first-order valence-electron chi connectivity index (χ1n) is 7.48. The van der Waals surface area contributed by atoms with Crippen molar-refractivity contribution in [1.82, 2.24) is 4.31 Å². The molecule has 2 atom stereocenters. The Balaban J connectivity index is 2.38. The highest BCUT2D eigenvalue weighted by Crippen LogP contribution is 2.32. The van der Waals surface area contributed by atoms with Crippen molar-refractivity contribution in [2.24, 2.45) is 5.73 Å². The fourth-order valence-corrected chi connectivity index (χ4v) is 4.76. The molecule has 0 unspecified atom stereocenters. The van der Waals surface area contributed by atoms with Crippen molar-refractivity contribution in [3.05, 3.63) is 22.7 Å². The van der Waals surface area contributed by atoms with Gasteiger partial charge in [0.25, 0.3) is 5.91 Å². The van der Waals surface area contributed by atoms with Crippen LogP contribution in [0.3, 0.4) is 0 Å². The van der Waals surface area contributed by atoms with Gasteiger partial charge in [-0.25, -0.2) is 8.42 Å². The molecule has 1 aliphatic heterocycles. The van der Waals surface area contributed by atoms with E-state index in [0.29, 0.717) is 5.56 Å². The van der Waals surface area contributed by atoms with E-state index < -0.39 is 15.9 Å². The van der Waals surface area contributed by atoms with E-state index in [9.17, 15) is 13.2 Å². The number of sulfonamides is 1. The Morgan fingerprint density at radius 1 is 1.38 bits per heavy atom. The number of morpholine rings is 1. The maximum absolute atomic E-state index is 12.9. The normalized spacial score (nSPS) is 22.3. The molecule has 0 saturated carbocycles. The highest BCUT2D eigenvalue weighted by atomic mass is 35.5. The van der Waals surface area contributed by atoms with Crippen LogP contribution in [0.15, 0.2) is 17.0 Å². The lowest BCUT2D eigenvalue weighted by atomic mass is 10.2. The number of aryl methyl sites for hydroxylation is 1. The van der Waals surface area contributed by atoms with Gasteiger partial charge in [0, 0.05) is 19.2 Å². The van der Waals surface area contributed by atoms with Crippen LogP contribution in [0, 0.1) is 6.92 Å². The molecule has 1 aliphatic rings. The second-order valence-electron chi connectivity index (χ2n) is 5.88. The van der Waals surface area contributed by atoms with Crippen molar-refractivity contribution in [3.8, 4) is 5.75 Å². The zero-order valence-corrected chi connectivity index (χ0v) is 15.4. The summed E-state index contributed by atoms with van der Waals surface area (Å²) >= 11 is 6.16. The molecule has 1 amide bonds. The Hall–Kier alpha value is -1.35. The molecule has 9 heteroatoms. The number of carbonyl (C=O) groups excluding carboxylic acids is 1. The molecule has 1 aromatic rings. The molecule has 7 nitrogen and oxygen atoms in total. The number of nitrogens with two attached hydrogens (primary N) is 1. The number of hydrogen-bond donors (Lipinski definition) is 1. The van der Waals surface area contributed by atoms with E-state index >= 15 is 0 Å². The lowest BCUT2D eigenvalue weighted by Gasteiger charge is -2.34. The average Bonchev–Trinajstić information content (AvgIpc) is 2.44. The summed E-state index contributed by atoms with van der Waals surface area (Å²) < 4.78 is 38.1. The first-order valence-corrected chi connectivity index (χ1v) is 9.30. The lowest BCUT2D eigenvalue weighted by Crippen LogP contribution is -2.48. The number of amides is 1. The molecule has 1 aromatic carbocycles. The monoisotopic (exact) mass is 376 g/mol. The summed E-state index contributed by atoms with van der Waals surface area (Å²) in [6, 6.07) is 2.83. The molecular weight excluding hydrogens is 356 g/mol. The molecule has 1 fully saturated rings. The average molecular weight is 377 g/mol. The molecular formula is C15H21ClN2O5S. The number of hydrogen-bond acceptors (Lipinski definition) is 5. The summed E-state index contributed by atoms with van der Waals surface area (Å²) in [5, 5.41) is 0.103. The zero-order valence-electron chi connectivity index (χ0n) is 13.8. The number of benzene rings is 1. The van der Waals surface area contributed by atoms with Gasteiger partial charge in [0.2, 0.25) is 10.0 Å². The van der Waals surface area contributed by atoms with Gasteiger partial charge in [-0.2, -0.15) is 4.31 Å². The maximum atomic E-state index is 12.9. The second-order valence-corrected chi connectivity index (χ2v) is 8.20. The van der Waals surface area contributed by atoms with E-state index in [-0.39, 0.29) is 47.6 Å². The quantitative estimate of drug-likeness (QED) is 0.835. The van der Waals surface area contributed by atoms with Crippen LogP contribution >= 0.6 is 11.6 Å². The molecule has 134 valence electrons. The van der Waals surface area contributed by atoms with Crippen LogP contribution in [-0.2, 0) is 19.6 Å². The van der Waals surface area contributed by atoms with E-state index in [1.54, 1.807) is 6.92 Å². The van der Waals surface area contributed by atoms with E-state index in [2.05, 4.69) is 0 Å². The molecule has 0 spiro atoms. The minimum Gasteiger partial charge on any atom is -0.483 e. The smallest absolute Gasteiger partial charge is 0.255 e. The first-order chi connectivity index (χ1) is 11.1. The van der Waals surface area contributed by atoms with Gasteiger partial charge in [0.1, 0.15) is 10.6 Å². The van der Waals surface area contributed by atoms with E-state index in [0.717, 1.165) is 0 Å². The highest BCUT2D eigenvalue weighted by molar-refractivity contribution is 7.89. The predicted molar refractivity (Wildman–Crippen MR) is 89.6 cm³/mol. The molecule has 1 heterocycles. The van der Waals surface area contributed by atoms with Crippen LogP contribution in [0.2, 0.25) is 5.02 Å². The number of primary amides is 1. The summed E-state index contributed by atoms with van der Waals surface area (Å²) in [6.45, 7) is 5.49. The lowest BCUT2D eigenvalue weighted by molar-refractivity contribution is -0.119. The van der Waals surface area contributed by atoms with E-state index in [1.807, 2.05) is 13.8 Å². The van der Waals surface area contributed by atoms with Crippen LogP contribution in [0.1, 0.15) is 19.4 Å². The van der Waals surface area contributed by atoms with Crippen molar-refractivity contribution in [1.29, 1.82) is 0 Å². The topological polar surface area (TPSA) is 98.9 Å². The Morgan fingerprint density at radius 2 is 1.96 bits per heavy atom. The highest BCUT2D eigenvalue weighted by Gasteiger charge is 2.34.